The maximum absolute atomic E-state index is 11.3. The van der Waals surface area contributed by atoms with Crippen LogP contribution in [-0.2, 0) is 11.2 Å². The van der Waals surface area contributed by atoms with Crippen LogP contribution in [0.15, 0.2) is 30.6 Å². The first-order valence-corrected chi connectivity index (χ1v) is 6.14. The van der Waals surface area contributed by atoms with Gasteiger partial charge in [-0.3, -0.25) is 4.79 Å². The Morgan fingerprint density at radius 1 is 1.25 bits per heavy atom. The molecule has 4 N–H and O–H groups in total. The van der Waals surface area contributed by atoms with E-state index in [1.54, 1.807) is 12.1 Å². The van der Waals surface area contributed by atoms with Crippen LogP contribution >= 0.6 is 0 Å². The van der Waals surface area contributed by atoms with Gasteiger partial charge >= 0.3 is 0 Å². The second-order valence-electron chi connectivity index (χ2n) is 4.36. The summed E-state index contributed by atoms with van der Waals surface area (Å²) in [5.74, 6) is 6.85. The molecule has 1 aliphatic rings. The van der Waals surface area contributed by atoms with Crippen molar-refractivity contribution < 1.29 is 9.53 Å². The van der Waals surface area contributed by atoms with Crippen LogP contribution in [0.5, 0.6) is 11.6 Å². The molecule has 0 saturated heterocycles. The predicted octanol–water partition coefficient (Wildman–Crippen LogP) is 1.44. The second-order valence-corrected chi connectivity index (χ2v) is 4.36. The SMILES string of the molecule is NNc1cc(Oc2ccc3c(c2)CCC(=O)N3)ncn1. The van der Waals surface area contributed by atoms with E-state index in [1.807, 2.05) is 12.1 Å². The summed E-state index contributed by atoms with van der Waals surface area (Å²) in [7, 11) is 0. The number of ether oxygens (including phenoxy) is 1. The number of aromatic nitrogens is 2. The summed E-state index contributed by atoms with van der Waals surface area (Å²) in [5, 5.41) is 2.82. The van der Waals surface area contributed by atoms with Gasteiger partial charge in [0.25, 0.3) is 0 Å². The fourth-order valence-electron chi connectivity index (χ4n) is 2.02. The Labute approximate surface area is 115 Å². The average Bonchev–Trinajstić information content (AvgIpc) is 2.47. The highest BCUT2D eigenvalue weighted by molar-refractivity contribution is 5.94. The van der Waals surface area contributed by atoms with Crippen LogP contribution in [-0.4, -0.2) is 15.9 Å². The molecule has 1 amide bonds. The van der Waals surface area contributed by atoms with Gasteiger partial charge in [0.15, 0.2) is 0 Å². The lowest BCUT2D eigenvalue weighted by Crippen LogP contribution is -2.18. The fraction of sp³-hybridized carbons (Fsp3) is 0.154. The van der Waals surface area contributed by atoms with Crippen molar-refractivity contribution in [3.63, 3.8) is 0 Å². The van der Waals surface area contributed by atoms with E-state index in [0.717, 1.165) is 11.3 Å². The van der Waals surface area contributed by atoms with E-state index in [9.17, 15) is 4.79 Å². The minimum absolute atomic E-state index is 0.0423. The summed E-state index contributed by atoms with van der Waals surface area (Å²) in [5.41, 5.74) is 4.31. The van der Waals surface area contributed by atoms with E-state index >= 15 is 0 Å². The molecule has 1 aromatic heterocycles. The molecule has 3 rings (SSSR count). The van der Waals surface area contributed by atoms with Crippen LogP contribution in [0.25, 0.3) is 0 Å². The van der Waals surface area contributed by atoms with Gasteiger partial charge in [0.05, 0.1) is 0 Å². The van der Waals surface area contributed by atoms with E-state index in [4.69, 9.17) is 10.6 Å². The first-order valence-electron chi connectivity index (χ1n) is 6.14. The highest BCUT2D eigenvalue weighted by Gasteiger charge is 2.15. The van der Waals surface area contributed by atoms with Crippen molar-refractivity contribution in [3.8, 4) is 11.6 Å². The van der Waals surface area contributed by atoms with E-state index < -0.39 is 0 Å². The molecule has 7 heteroatoms. The average molecular weight is 271 g/mol. The minimum Gasteiger partial charge on any atom is -0.439 e. The zero-order chi connectivity index (χ0) is 13.9. The topological polar surface area (TPSA) is 102 Å². The zero-order valence-electron chi connectivity index (χ0n) is 10.6. The number of carbonyl (C=O) groups excluding carboxylic acids is 1. The molecular formula is C13H13N5O2. The van der Waals surface area contributed by atoms with Gasteiger partial charge in [0.1, 0.15) is 17.9 Å². The third kappa shape index (κ3) is 2.52. The zero-order valence-corrected chi connectivity index (χ0v) is 10.6. The second kappa shape index (κ2) is 5.14. The molecule has 0 unspecified atom stereocenters. The quantitative estimate of drug-likeness (QED) is 0.576. The minimum atomic E-state index is 0.0423. The third-order valence-electron chi connectivity index (χ3n) is 2.98. The number of fused-ring (bicyclic) bond motifs is 1. The summed E-state index contributed by atoms with van der Waals surface area (Å²) in [6, 6.07) is 7.10. The summed E-state index contributed by atoms with van der Waals surface area (Å²) in [4.78, 5) is 19.2. The molecule has 0 bridgehead atoms. The monoisotopic (exact) mass is 271 g/mol. The van der Waals surface area contributed by atoms with Gasteiger partial charge < -0.3 is 15.5 Å². The Kier molecular flexibility index (Phi) is 3.18. The van der Waals surface area contributed by atoms with Gasteiger partial charge in [-0.2, -0.15) is 0 Å². The summed E-state index contributed by atoms with van der Waals surface area (Å²) in [6.07, 6.45) is 2.56. The molecule has 1 aliphatic heterocycles. The number of anilines is 2. The Morgan fingerprint density at radius 2 is 2.15 bits per heavy atom. The number of nitrogens with one attached hydrogen (secondary N) is 2. The summed E-state index contributed by atoms with van der Waals surface area (Å²) in [6.45, 7) is 0. The summed E-state index contributed by atoms with van der Waals surface area (Å²) >= 11 is 0. The number of hydrazine groups is 1. The number of rotatable bonds is 3. The molecule has 0 saturated carbocycles. The molecule has 0 aliphatic carbocycles. The van der Waals surface area contributed by atoms with Crippen LogP contribution in [0.3, 0.4) is 0 Å². The molecule has 0 fully saturated rings. The number of amides is 1. The van der Waals surface area contributed by atoms with Gasteiger partial charge in [-0.25, -0.2) is 15.8 Å². The summed E-state index contributed by atoms with van der Waals surface area (Å²) < 4.78 is 5.65. The van der Waals surface area contributed by atoms with Gasteiger partial charge in [0, 0.05) is 18.2 Å². The molecule has 2 aromatic rings. The number of benzene rings is 1. The number of nitrogens with zero attached hydrogens (tertiary/aromatic N) is 2. The first kappa shape index (κ1) is 12.4. The van der Waals surface area contributed by atoms with Crippen molar-refractivity contribution in [1.29, 1.82) is 0 Å². The Bertz CT molecular complexity index is 659. The number of hydrogen-bond donors (Lipinski definition) is 3. The van der Waals surface area contributed by atoms with Crippen molar-refractivity contribution in [2.45, 2.75) is 12.8 Å². The number of nitrogens with two attached hydrogens (primary N) is 1. The van der Waals surface area contributed by atoms with Crippen LogP contribution in [0.2, 0.25) is 0 Å². The van der Waals surface area contributed by atoms with E-state index in [1.165, 1.54) is 6.33 Å². The van der Waals surface area contributed by atoms with Crippen molar-refractivity contribution in [1.82, 2.24) is 9.97 Å². The maximum Gasteiger partial charge on any atom is 0.224 e. The van der Waals surface area contributed by atoms with Gasteiger partial charge in [-0.05, 0) is 30.2 Å². The molecule has 0 spiro atoms. The first-order chi connectivity index (χ1) is 9.74. The van der Waals surface area contributed by atoms with Crippen molar-refractivity contribution >= 4 is 17.4 Å². The van der Waals surface area contributed by atoms with Crippen molar-refractivity contribution in [2.24, 2.45) is 5.84 Å². The molecular weight excluding hydrogens is 258 g/mol. The Morgan fingerprint density at radius 3 is 3.00 bits per heavy atom. The lowest BCUT2D eigenvalue weighted by molar-refractivity contribution is -0.116. The Balaban J connectivity index is 1.82. The Hall–Kier alpha value is -2.67. The molecule has 0 radical (unpaired) electrons. The van der Waals surface area contributed by atoms with Gasteiger partial charge in [-0.15, -0.1) is 0 Å². The molecule has 20 heavy (non-hydrogen) atoms. The van der Waals surface area contributed by atoms with E-state index in [2.05, 4.69) is 20.7 Å². The molecule has 0 atom stereocenters. The van der Waals surface area contributed by atoms with Gasteiger partial charge in [0.2, 0.25) is 11.8 Å². The third-order valence-corrected chi connectivity index (χ3v) is 2.98. The van der Waals surface area contributed by atoms with E-state index in [0.29, 0.717) is 30.3 Å². The fourth-order valence-corrected chi connectivity index (χ4v) is 2.02. The highest BCUT2D eigenvalue weighted by atomic mass is 16.5. The highest BCUT2D eigenvalue weighted by Crippen LogP contribution is 2.29. The van der Waals surface area contributed by atoms with Crippen LogP contribution in [0, 0.1) is 0 Å². The lowest BCUT2D eigenvalue weighted by atomic mass is 10.0. The van der Waals surface area contributed by atoms with Crippen LogP contribution < -0.4 is 21.3 Å². The molecule has 7 nitrogen and oxygen atoms in total. The number of hydrogen-bond acceptors (Lipinski definition) is 6. The lowest BCUT2D eigenvalue weighted by Gasteiger charge is -2.17. The smallest absolute Gasteiger partial charge is 0.224 e. The number of carbonyl (C=O) groups is 1. The molecule has 1 aromatic carbocycles. The standard InChI is InChI=1S/C13H13N5O2/c14-18-11-6-13(16-7-15-11)20-9-2-3-10-8(5-9)1-4-12(19)17-10/h2-3,5-7H,1,4,14H2,(H,17,19)(H,15,16,18). The maximum atomic E-state index is 11.3. The molecule has 2 heterocycles. The largest absolute Gasteiger partial charge is 0.439 e. The van der Waals surface area contributed by atoms with Crippen LogP contribution in [0.4, 0.5) is 11.5 Å². The normalized spacial score (nSPS) is 13.3. The van der Waals surface area contributed by atoms with Crippen molar-refractivity contribution in [2.75, 3.05) is 10.7 Å². The molecule has 102 valence electrons. The number of aryl methyl sites for hydroxylation is 1. The van der Waals surface area contributed by atoms with E-state index in [-0.39, 0.29) is 5.91 Å². The predicted molar refractivity (Wildman–Crippen MR) is 73.3 cm³/mol. The number of nitrogen functional groups attached to an aromatic ring is 1. The van der Waals surface area contributed by atoms with Crippen LogP contribution in [0.1, 0.15) is 12.0 Å². The van der Waals surface area contributed by atoms with Gasteiger partial charge in [-0.1, -0.05) is 0 Å². The van der Waals surface area contributed by atoms with Crippen molar-refractivity contribution in [3.05, 3.63) is 36.2 Å².